The number of amides is 1. The Morgan fingerprint density at radius 2 is 2.33 bits per heavy atom. The first-order valence-electron chi connectivity index (χ1n) is 6.78. The van der Waals surface area contributed by atoms with E-state index in [1.54, 1.807) is 17.3 Å². The first-order valence-corrected chi connectivity index (χ1v) is 6.78. The van der Waals surface area contributed by atoms with Crippen LogP contribution in [0.25, 0.3) is 11.0 Å². The van der Waals surface area contributed by atoms with Crippen molar-refractivity contribution in [2.45, 2.75) is 19.9 Å². The van der Waals surface area contributed by atoms with Crippen LogP contribution in [0.2, 0.25) is 0 Å². The highest BCUT2D eigenvalue weighted by Crippen LogP contribution is 2.22. The zero-order valence-electron chi connectivity index (χ0n) is 11.7. The van der Waals surface area contributed by atoms with Crippen molar-refractivity contribution in [1.29, 1.82) is 0 Å². The van der Waals surface area contributed by atoms with Gasteiger partial charge in [-0.2, -0.15) is 5.10 Å². The summed E-state index contributed by atoms with van der Waals surface area (Å²) in [5, 5.41) is 7.84. The molecule has 0 spiro atoms. The van der Waals surface area contributed by atoms with Crippen molar-refractivity contribution in [2.24, 2.45) is 0 Å². The lowest BCUT2D eigenvalue weighted by atomic mass is 10.1. The van der Waals surface area contributed by atoms with Crippen LogP contribution in [0.1, 0.15) is 11.1 Å². The van der Waals surface area contributed by atoms with Gasteiger partial charge < -0.3 is 9.73 Å². The number of aromatic nitrogens is 3. The average molecular weight is 284 g/mol. The third kappa shape index (κ3) is 3.10. The number of hydrogen-bond acceptors (Lipinski definition) is 4. The van der Waals surface area contributed by atoms with Gasteiger partial charge in [-0.05, 0) is 18.6 Å². The Hall–Kier alpha value is -2.63. The van der Waals surface area contributed by atoms with E-state index in [1.807, 2.05) is 25.1 Å². The number of nitrogens with one attached hydrogen (secondary N) is 1. The number of fused-ring (bicyclic) bond motifs is 1. The first kappa shape index (κ1) is 13.4. The van der Waals surface area contributed by atoms with Gasteiger partial charge in [0.05, 0.1) is 19.2 Å². The standard InChI is InChI=1S/C15H16N4O2/c1-11-2-3-13-12(8-21-14(13)6-11)7-15(20)17-4-5-19-10-16-9-18-19/h2-3,6,8-10H,4-5,7H2,1H3,(H,17,20). The molecule has 1 aromatic carbocycles. The van der Waals surface area contributed by atoms with Gasteiger partial charge in [0.1, 0.15) is 18.2 Å². The molecular formula is C15H16N4O2. The highest BCUT2D eigenvalue weighted by atomic mass is 16.3. The van der Waals surface area contributed by atoms with E-state index in [4.69, 9.17) is 4.42 Å². The van der Waals surface area contributed by atoms with Gasteiger partial charge in [0.15, 0.2) is 0 Å². The van der Waals surface area contributed by atoms with E-state index in [1.165, 1.54) is 6.33 Å². The molecule has 6 nitrogen and oxygen atoms in total. The number of benzene rings is 1. The van der Waals surface area contributed by atoms with Crippen molar-refractivity contribution in [3.05, 3.63) is 48.2 Å². The largest absolute Gasteiger partial charge is 0.464 e. The molecule has 0 bridgehead atoms. The van der Waals surface area contributed by atoms with E-state index in [-0.39, 0.29) is 5.91 Å². The summed E-state index contributed by atoms with van der Waals surface area (Å²) in [6, 6.07) is 5.98. The maximum Gasteiger partial charge on any atom is 0.224 e. The molecule has 1 amide bonds. The average Bonchev–Trinajstić information content (AvgIpc) is 3.09. The molecule has 0 saturated heterocycles. The number of carbonyl (C=O) groups is 1. The number of hydrogen-bond donors (Lipinski definition) is 1. The Labute approximate surface area is 121 Å². The second-order valence-electron chi connectivity index (χ2n) is 4.95. The minimum absolute atomic E-state index is 0.0293. The van der Waals surface area contributed by atoms with Crippen LogP contribution < -0.4 is 5.32 Å². The van der Waals surface area contributed by atoms with E-state index in [9.17, 15) is 4.79 Å². The molecule has 3 aromatic rings. The summed E-state index contributed by atoms with van der Waals surface area (Å²) in [6.07, 6.45) is 5.06. The van der Waals surface area contributed by atoms with Gasteiger partial charge in [-0.1, -0.05) is 12.1 Å². The number of aryl methyl sites for hydroxylation is 1. The molecule has 3 rings (SSSR count). The molecule has 0 radical (unpaired) electrons. The second kappa shape index (κ2) is 5.78. The fraction of sp³-hybridized carbons (Fsp3) is 0.267. The van der Waals surface area contributed by atoms with Crippen LogP contribution in [0.15, 0.2) is 41.5 Å². The summed E-state index contributed by atoms with van der Waals surface area (Å²) in [4.78, 5) is 15.8. The van der Waals surface area contributed by atoms with E-state index in [0.717, 1.165) is 22.1 Å². The van der Waals surface area contributed by atoms with Gasteiger partial charge >= 0.3 is 0 Å². The van der Waals surface area contributed by atoms with E-state index >= 15 is 0 Å². The van der Waals surface area contributed by atoms with Gasteiger partial charge in [-0.25, -0.2) is 4.98 Å². The highest BCUT2D eigenvalue weighted by molar-refractivity contribution is 5.87. The van der Waals surface area contributed by atoms with E-state index < -0.39 is 0 Å². The molecule has 0 unspecified atom stereocenters. The van der Waals surface area contributed by atoms with Crippen molar-refractivity contribution >= 4 is 16.9 Å². The lowest BCUT2D eigenvalue weighted by Gasteiger charge is -2.04. The molecule has 6 heteroatoms. The molecule has 0 aliphatic rings. The van der Waals surface area contributed by atoms with Crippen LogP contribution in [0, 0.1) is 6.92 Å². The Balaban J connectivity index is 1.58. The summed E-state index contributed by atoms with van der Waals surface area (Å²) in [7, 11) is 0. The van der Waals surface area contributed by atoms with Crippen LogP contribution >= 0.6 is 0 Å². The summed E-state index contributed by atoms with van der Waals surface area (Å²) < 4.78 is 7.17. The van der Waals surface area contributed by atoms with Crippen LogP contribution in [0.4, 0.5) is 0 Å². The van der Waals surface area contributed by atoms with Crippen molar-refractivity contribution in [2.75, 3.05) is 6.54 Å². The highest BCUT2D eigenvalue weighted by Gasteiger charge is 2.10. The van der Waals surface area contributed by atoms with Crippen LogP contribution in [-0.4, -0.2) is 27.2 Å². The molecule has 21 heavy (non-hydrogen) atoms. The summed E-state index contributed by atoms with van der Waals surface area (Å²) in [5.41, 5.74) is 2.87. The molecule has 0 aliphatic carbocycles. The summed E-state index contributed by atoms with van der Waals surface area (Å²) >= 11 is 0. The fourth-order valence-corrected chi connectivity index (χ4v) is 2.22. The minimum atomic E-state index is -0.0293. The fourth-order valence-electron chi connectivity index (χ4n) is 2.22. The zero-order valence-corrected chi connectivity index (χ0v) is 11.7. The zero-order chi connectivity index (χ0) is 14.7. The topological polar surface area (TPSA) is 73.0 Å². The second-order valence-corrected chi connectivity index (χ2v) is 4.95. The smallest absolute Gasteiger partial charge is 0.224 e. The molecule has 0 aliphatic heterocycles. The van der Waals surface area contributed by atoms with E-state index in [0.29, 0.717) is 19.5 Å². The third-order valence-electron chi connectivity index (χ3n) is 3.29. The summed E-state index contributed by atoms with van der Waals surface area (Å²) in [5.74, 6) is -0.0293. The molecule has 0 atom stereocenters. The third-order valence-corrected chi connectivity index (χ3v) is 3.29. The van der Waals surface area contributed by atoms with Gasteiger partial charge in [0.2, 0.25) is 5.91 Å². The number of furan rings is 1. The lowest BCUT2D eigenvalue weighted by Crippen LogP contribution is -2.28. The Morgan fingerprint density at radius 1 is 1.43 bits per heavy atom. The molecule has 2 aromatic heterocycles. The number of nitrogens with zero attached hydrogens (tertiary/aromatic N) is 3. The van der Waals surface area contributed by atoms with Crippen LogP contribution in [-0.2, 0) is 17.8 Å². The number of rotatable bonds is 5. The molecular weight excluding hydrogens is 268 g/mol. The normalized spacial score (nSPS) is 10.9. The van der Waals surface area contributed by atoms with Crippen molar-refractivity contribution in [1.82, 2.24) is 20.1 Å². The van der Waals surface area contributed by atoms with E-state index in [2.05, 4.69) is 15.4 Å². The van der Waals surface area contributed by atoms with Gasteiger partial charge in [-0.3, -0.25) is 9.48 Å². The summed E-state index contributed by atoms with van der Waals surface area (Å²) in [6.45, 7) is 3.15. The Bertz CT molecular complexity index is 746. The predicted molar refractivity (Wildman–Crippen MR) is 77.7 cm³/mol. The molecule has 2 heterocycles. The van der Waals surface area contributed by atoms with Crippen LogP contribution in [0.3, 0.4) is 0 Å². The maximum absolute atomic E-state index is 12.0. The monoisotopic (exact) mass is 284 g/mol. The maximum atomic E-state index is 12.0. The van der Waals surface area contributed by atoms with Crippen molar-refractivity contribution < 1.29 is 9.21 Å². The molecule has 0 fully saturated rings. The predicted octanol–water partition coefficient (Wildman–Crippen LogP) is 1.69. The van der Waals surface area contributed by atoms with Crippen molar-refractivity contribution in [3.63, 3.8) is 0 Å². The number of carbonyl (C=O) groups excluding carboxylic acids is 1. The molecule has 108 valence electrons. The minimum Gasteiger partial charge on any atom is -0.464 e. The SMILES string of the molecule is Cc1ccc2c(CC(=O)NCCn3cncn3)coc2c1. The quantitative estimate of drug-likeness (QED) is 0.774. The Morgan fingerprint density at radius 3 is 3.14 bits per heavy atom. The Kier molecular flexibility index (Phi) is 3.68. The molecule has 1 N–H and O–H groups in total. The van der Waals surface area contributed by atoms with Crippen LogP contribution in [0.5, 0.6) is 0 Å². The van der Waals surface area contributed by atoms with Crippen molar-refractivity contribution in [3.8, 4) is 0 Å². The van der Waals surface area contributed by atoms with Gasteiger partial charge in [-0.15, -0.1) is 0 Å². The molecule has 0 saturated carbocycles. The van der Waals surface area contributed by atoms with Gasteiger partial charge in [0.25, 0.3) is 0 Å². The van der Waals surface area contributed by atoms with Gasteiger partial charge in [0, 0.05) is 17.5 Å². The first-order chi connectivity index (χ1) is 10.2. The lowest BCUT2D eigenvalue weighted by molar-refractivity contribution is -0.120.